The number of nitrogens with zero attached hydrogens (tertiary/aromatic N) is 4. The maximum absolute atomic E-state index is 12.1. The van der Waals surface area contributed by atoms with E-state index in [0.29, 0.717) is 23.3 Å². The third-order valence-corrected chi connectivity index (χ3v) is 3.60. The third kappa shape index (κ3) is 2.42. The van der Waals surface area contributed by atoms with Crippen molar-refractivity contribution in [2.24, 2.45) is 0 Å². The molecule has 2 heterocycles. The van der Waals surface area contributed by atoms with Crippen molar-refractivity contribution in [1.29, 1.82) is 5.26 Å². The van der Waals surface area contributed by atoms with Gasteiger partial charge >= 0.3 is 6.09 Å². The second-order valence-corrected chi connectivity index (χ2v) is 4.96. The number of amides is 2. The smallest absolute Gasteiger partial charge is 0.407 e. The maximum Gasteiger partial charge on any atom is 0.407 e. The van der Waals surface area contributed by atoms with Crippen molar-refractivity contribution in [3.05, 3.63) is 36.0 Å². The molecular weight excluding hydrogens is 284 g/mol. The molecular formula is C15H12N4O3. The molecule has 0 spiro atoms. The first kappa shape index (κ1) is 13.8. The minimum atomic E-state index is -1.09. The predicted molar refractivity (Wildman–Crippen MR) is 78.4 cm³/mol. The van der Waals surface area contributed by atoms with Gasteiger partial charge in [0.25, 0.3) is 0 Å². The van der Waals surface area contributed by atoms with Gasteiger partial charge in [0.1, 0.15) is 6.54 Å². The highest BCUT2D eigenvalue weighted by molar-refractivity contribution is 5.98. The number of carbonyl (C=O) groups excluding carboxylic acids is 1. The summed E-state index contributed by atoms with van der Waals surface area (Å²) in [6.45, 7) is 0.418. The Morgan fingerprint density at radius 3 is 2.82 bits per heavy atom. The van der Waals surface area contributed by atoms with Crippen molar-refractivity contribution >= 4 is 28.6 Å². The van der Waals surface area contributed by atoms with Crippen LogP contribution in [0.5, 0.6) is 0 Å². The first-order valence-electron chi connectivity index (χ1n) is 6.66. The molecule has 1 saturated heterocycles. The predicted octanol–water partition coefficient (Wildman–Crippen LogP) is 1.43. The van der Waals surface area contributed by atoms with E-state index in [9.17, 15) is 9.59 Å². The van der Waals surface area contributed by atoms with Gasteiger partial charge in [-0.2, -0.15) is 5.26 Å². The molecule has 7 heteroatoms. The lowest BCUT2D eigenvalue weighted by atomic mass is 10.1. The van der Waals surface area contributed by atoms with E-state index in [-0.39, 0.29) is 19.0 Å². The topological polar surface area (TPSA) is 97.5 Å². The number of carboxylic acid groups (broad SMARTS) is 1. The Labute approximate surface area is 126 Å². The summed E-state index contributed by atoms with van der Waals surface area (Å²) >= 11 is 0. The van der Waals surface area contributed by atoms with Crippen LogP contribution in [0, 0.1) is 11.3 Å². The SMILES string of the molecule is N#Cc1ccc2cc(N3CCN(C(=O)O)CC3=O)cnc2c1. The molecule has 1 aliphatic rings. The summed E-state index contributed by atoms with van der Waals surface area (Å²) in [5.41, 5.74) is 1.84. The molecule has 110 valence electrons. The van der Waals surface area contributed by atoms with Crippen LogP contribution in [0.15, 0.2) is 30.5 Å². The zero-order valence-electron chi connectivity index (χ0n) is 11.6. The minimum Gasteiger partial charge on any atom is -0.465 e. The van der Waals surface area contributed by atoms with Gasteiger partial charge in [0, 0.05) is 18.5 Å². The van der Waals surface area contributed by atoms with Gasteiger partial charge in [-0.15, -0.1) is 0 Å². The summed E-state index contributed by atoms with van der Waals surface area (Å²) in [6.07, 6.45) is 0.478. The van der Waals surface area contributed by atoms with Crippen molar-refractivity contribution in [3.63, 3.8) is 0 Å². The van der Waals surface area contributed by atoms with Crippen molar-refractivity contribution in [2.75, 3.05) is 24.5 Å². The van der Waals surface area contributed by atoms with E-state index >= 15 is 0 Å². The average Bonchev–Trinajstić information content (AvgIpc) is 2.53. The monoisotopic (exact) mass is 296 g/mol. The number of hydrogen-bond donors (Lipinski definition) is 1. The fourth-order valence-electron chi connectivity index (χ4n) is 2.44. The van der Waals surface area contributed by atoms with E-state index in [2.05, 4.69) is 11.1 Å². The van der Waals surface area contributed by atoms with E-state index < -0.39 is 6.09 Å². The standard InChI is InChI=1S/C15H12N4O3/c16-7-10-1-2-11-6-12(8-17-13(11)5-10)19-4-3-18(15(21)22)9-14(19)20/h1-2,5-6,8H,3-4,9H2,(H,21,22). The number of pyridine rings is 1. The van der Waals surface area contributed by atoms with Gasteiger partial charge in [0.05, 0.1) is 29.0 Å². The molecule has 0 bridgehead atoms. The van der Waals surface area contributed by atoms with Crippen LogP contribution in [0.2, 0.25) is 0 Å². The fourth-order valence-corrected chi connectivity index (χ4v) is 2.44. The highest BCUT2D eigenvalue weighted by Gasteiger charge is 2.27. The Bertz CT molecular complexity index is 812. The van der Waals surface area contributed by atoms with Crippen LogP contribution < -0.4 is 4.90 Å². The molecule has 1 aromatic carbocycles. The summed E-state index contributed by atoms with van der Waals surface area (Å²) in [7, 11) is 0. The molecule has 0 radical (unpaired) electrons. The van der Waals surface area contributed by atoms with Crippen LogP contribution in [0.25, 0.3) is 10.9 Å². The Morgan fingerprint density at radius 1 is 1.32 bits per heavy atom. The summed E-state index contributed by atoms with van der Waals surface area (Å²) < 4.78 is 0. The molecule has 22 heavy (non-hydrogen) atoms. The van der Waals surface area contributed by atoms with Crippen molar-refractivity contribution in [1.82, 2.24) is 9.88 Å². The van der Waals surface area contributed by atoms with Crippen molar-refractivity contribution < 1.29 is 14.7 Å². The van der Waals surface area contributed by atoms with Crippen molar-refractivity contribution in [3.8, 4) is 6.07 Å². The molecule has 0 unspecified atom stereocenters. The highest BCUT2D eigenvalue weighted by atomic mass is 16.4. The average molecular weight is 296 g/mol. The molecule has 3 rings (SSSR count). The summed E-state index contributed by atoms with van der Waals surface area (Å²) in [5, 5.41) is 18.6. The Morgan fingerprint density at radius 2 is 2.14 bits per heavy atom. The van der Waals surface area contributed by atoms with Crippen LogP contribution in [-0.2, 0) is 4.79 Å². The summed E-state index contributed by atoms with van der Waals surface area (Å²) in [5.74, 6) is -0.275. The van der Waals surface area contributed by atoms with Crippen LogP contribution >= 0.6 is 0 Å². The van der Waals surface area contributed by atoms with Gasteiger partial charge in [0.2, 0.25) is 5.91 Å². The van der Waals surface area contributed by atoms with Gasteiger partial charge in [-0.05, 0) is 18.2 Å². The largest absolute Gasteiger partial charge is 0.465 e. The quantitative estimate of drug-likeness (QED) is 0.858. The minimum absolute atomic E-state index is 0.152. The Hall–Kier alpha value is -3.14. The molecule has 0 aliphatic carbocycles. The normalized spacial score (nSPS) is 15.0. The molecule has 1 aromatic heterocycles. The number of carbonyl (C=O) groups is 2. The lowest BCUT2D eigenvalue weighted by molar-refractivity contribution is -0.120. The number of aromatic nitrogens is 1. The van der Waals surface area contributed by atoms with Crippen LogP contribution in [-0.4, -0.2) is 46.6 Å². The molecule has 7 nitrogen and oxygen atoms in total. The second-order valence-electron chi connectivity index (χ2n) is 4.96. The number of hydrogen-bond acceptors (Lipinski definition) is 4. The van der Waals surface area contributed by atoms with Gasteiger partial charge in [-0.3, -0.25) is 14.7 Å². The molecule has 1 fully saturated rings. The van der Waals surface area contributed by atoms with Gasteiger partial charge in [-0.25, -0.2) is 4.79 Å². The Kier molecular flexibility index (Phi) is 3.35. The van der Waals surface area contributed by atoms with Gasteiger partial charge in [0.15, 0.2) is 0 Å². The molecule has 1 aliphatic heterocycles. The first-order valence-corrected chi connectivity index (χ1v) is 6.66. The summed E-state index contributed by atoms with van der Waals surface area (Å²) in [4.78, 5) is 29.9. The lowest BCUT2D eigenvalue weighted by Gasteiger charge is -2.32. The van der Waals surface area contributed by atoms with Crippen molar-refractivity contribution in [2.45, 2.75) is 0 Å². The van der Waals surface area contributed by atoms with Crippen LogP contribution in [0.4, 0.5) is 10.5 Å². The summed E-state index contributed by atoms with van der Waals surface area (Å²) in [6, 6.07) is 9.03. The van der Waals surface area contributed by atoms with E-state index in [4.69, 9.17) is 10.4 Å². The van der Waals surface area contributed by atoms with Crippen LogP contribution in [0.3, 0.4) is 0 Å². The molecule has 2 aromatic rings. The zero-order chi connectivity index (χ0) is 15.7. The number of anilines is 1. The van der Waals surface area contributed by atoms with E-state index in [1.54, 1.807) is 24.4 Å². The highest BCUT2D eigenvalue weighted by Crippen LogP contribution is 2.22. The molecule has 0 atom stereocenters. The van der Waals surface area contributed by atoms with E-state index in [1.807, 2.05) is 6.07 Å². The Balaban J connectivity index is 1.89. The molecule has 2 amide bonds. The zero-order valence-corrected chi connectivity index (χ0v) is 11.6. The number of rotatable bonds is 1. The van der Waals surface area contributed by atoms with Gasteiger partial charge in [-0.1, -0.05) is 6.07 Å². The number of nitriles is 1. The van der Waals surface area contributed by atoms with E-state index in [0.717, 1.165) is 10.3 Å². The lowest BCUT2D eigenvalue weighted by Crippen LogP contribution is -2.52. The van der Waals surface area contributed by atoms with Gasteiger partial charge < -0.3 is 10.0 Å². The van der Waals surface area contributed by atoms with Crippen LogP contribution in [0.1, 0.15) is 5.56 Å². The number of fused-ring (bicyclic) bond motifs is 1. The third-order valence-electron chi connectivity index (χ3n) is 3.60. The van der Waals surface area contributed by atoms with E-state index in [1.165, 1.54) is 4.90 Å². The first-order chi connectivity index (χ1) is 10.6. The molecule has 1 N–H and O–H groups in total. The fraction of sp³-hybridized carbons (Fsp3) is 0.200. The second kappa shape index (κ2) is 5.33. The number of piperazine rings is 1. The molecule has 0 saturated carbocycles. The maximum atomic E-state index is 12.1. The number of benzene rings is 1.